The van der Waals surface area contributed by atoms with Crippen molar-refractivity contribution < 1.29 is 17.9 Å². The molecule has 3 aromatic carbocycles. The smallest absolute Gasteiger partial charge is 0.255 e. The van der Waals surface area contributed by atoms with Crippen LogP contribution in [0.5, 0.6) is 11.5 Å². The van der Waals surface area contributed by atoms with E-state index in [-0.39, 0.29) is 11.7 Å². The SMILES string of the molecule is CCS(=O)(=O)N1CCN(Cc2ccc(C(=O)Nc3cc(Cl)ccc3Oc3ccccc3)cc2)CC1. The summed E-state index contributed by atoms with van der Waals surface area (Å²) in [5, 5.41) is 3.38. The van der Waals surface area contributed by atoms with Gasteiger partial charge in [-0.2, -0.15) is 4.31 Å². The highest BCUT2D eigenvalue weighted by Crippen LogP contribution is 2.32. The highest BCUT2D eigenvalue weighted by atomic mass is 35.5. The summed E-state index contributed by atoms with van der Waals surface area (Å²) >= 11 is 6.16. The quantitative estimate of drug-likeness (QED) is 0.465. The number of anilines is 1. The molecule has 0 aliphatic carbocycles. The molecule has 0 atom stereocenters. The Labute approximate surface area is 211 Å². The topological polar surface area (TPSA) is 79.0 Å². The Hall–Kier alpha value is -2.91. The van der Waals surface area contributed by atoms with Gasteiger partial charge in [0.05, 0.1) is 11.4 Å². The lowest BCUT2D eigenvalue weighted by atomic mass is 10.1. The van der Waals surface area contributed by atoms with Crippen LogP contribution in [0.2, 0.25) is 5.02 Å². The van der Waals surface area contributed by atoms with Crippen LogP contribution in [0, 0.1) is 0 Å². The molecule has 9 heteroatoms. The van der Waals surface area contributed by atoms with E-state index in [4.69, 9.17) is 16.3 Å². The van der Waals surface area contributed by atoms with E-state index >= 15 is 0 Å². The minimum absolute atomic E-state index is 0.131. The van der Waals surface area contributed by atoms with Gasteiger partial charge in [-0.05, 0) is 55.0 Å². The molecule has 1 aliphatic rings. The average molecular weight is 514 g/mol. The molecule has 0 aromatic heterocycles. The molecule has 3 aromatic rings. The van der Waals surface area contributed by atoms with Crippen LogP contribution in [0.3, 0.4) is 0 Å². The maximum atomic E-state index is 12.9. The zero-order chi connectivity index (χ0) is 24.8. The summed E-state index contributed by atoms with van der Waals surface area (Å²) in [7, 11) is -3.14. The Morgan fingerprint density at radius 3 is 2.31 bits per heavy atom. The summed E-state index contributed by atoms with van der Waals surface area (Å²) in [5.74, 6) is 1.01. The lowest BCUT2D eigenvalue weighted by Gasteiger charge is -2.33. The number of rotatable bonds is 8. The van der Waals surface area contributed by atoms with Crippen LogP contribution in [0.25, 0.3) is 0 Å². The molecular formula is C26H28ClN3O4S. The molecule has 1 aliphatic heterocycles. The van der Waals surface area contributed by atoms with Gasteiger partial charge in [0.2, 0.25) is 10.0 Å². The molecule has 1 saturated heterocycles. The van der Waals surface area contributed by atoms with Crippen LogP contribution in [0.15, 0.2) is 72.8 Å². The van der Waals surface area contributed by atoms with Crippen molar-refractivity contribution in [3.63, 3.8) is 0 Å². The Bertz CT molecular complexity index is 1260. The molecule has 1 amide bonds. The van der Waals surface area contributed by atoms with Crippen LogP contribution in [0.1, 0.15) is 22.8 Å². The van der Waals surface area contributed by atoms with E-state index in [9.17, 15) is 13.2 Å². The predicted octanol–water partition coefficient (Wildman–Crippen LogP) is 4.85. The van der Waals surface area contributed by atoms with Crippen molar-refractivity contribution in [2.24, 2.45) is 0 Å². The molecule has 1 N–H and O–H groups in total. The summed E-state index contributed by atoms with van der Waals surface area (Å²) in [6, 6.07) is 21.8. The molecule has 1 heterocycles. The minimum Gasteiger partial charge on any atom is -0.455 e. The molecule has 1 fully saturated rings. The third-order valence-corrected chi connectivity index (χ3v) is 7.99. The molecule has 0 saturated carbocycles. The Morgan fingerprint density at radius 1 is 0.971 bits per heavy atom. The molecule has 4 rings (SSSR count). The second-order valence-corrected chi connectivity index (χ2v) is 11.0. The number of piperazine rings is 1. The van der Waals surface area contributed by atoms with E-state index in [1.54, 1.807) is 41.6 Å². The third-order valence-electron chi connectivity index (χ3n) is 5.87. The van der Waals surface area contributed by atoms with Crippen LogP contribution < -0.4 is 10.1 Å². The minimum atomic E-state index is -3.14. The van der Waals surface area contributed by atoms with Crippen LogP contribution in [0.4, 0.5) is 5.69 Å². The van der Waals surface area contributed by atoms with Crippen molar-refractivity contribution in [2.45, 2.75) is 13.5 Å². The molecule has 0 spiro atoms. The first kappa shape index (κ1) is 25.2. The van der Waals surface area contributed by atoms with Gasteiger partial charge < -0.3 is 10.1 Å². The van der Waals surface area contributed by atoms with Gasteiger partial charge in [-0.25, -0.2) is 8.42 Å². The first-order valence-corrected chi connectivity index (χ1v) is 13.5. The Morgan fingerprint density at radius 2 is 1.66 bits per heavy atom. The molecule has 0 radical (unpaired) electrons. The van der Waals surface area contributed by atoms with E-state index in [0.717, 1.165) is 5.56 Å². The van der Waals surface area contributed by atoms with Crippen LogP contribution in [-0.2, 0) is 16.6 Å². The zero-order valence-electron chi connectivity index (χ0n) is 19.5. The highest BCUT2D eigenvalue weighted by Gasteiger charge is 2.25. The predicted molar refractivity (Wildman–Crippen MR) is 139 cm³/mol. The highest BCUT2D eigenvalue weighted by molar-refractivity contribution is 7.89. The van der Waals surface area contributed by atoms with E-state index in [1.807, 2.05) is 42.5 Å². The van der Waals surface area contributed by atoms with Gasteiger partial charge in [-0.3, -0.25) is 9.69 Å². The molecule has 0 bridgehead atoms. The lowest BCUT2D eigenvalue weighted by molar-refractivity contribution is 0.102. The first-order chi connectivity index (χ1) is 16.8. The van der Waals surface area contributed by atoms with Crippen molar-refractivity contribution in [3.8, 4) is 11.5 Å². The van der Waals surface area contributed by atoms with Gasteiger partial charge in [0.25, 0.3) is 5.91 Å². The van der Waals surface area contributed by atoms with Crippen molar-refractivity contribution in [3.05, 3.63) is 88.9 Å². The second kappa shape index (κ2) is 11.2. The number of ether oxygens (including phenoxy) is 1. The van der Waals surface area contributed by atoms with Gasteiger partial charge >= 0.3 is 0 Å². The van der Waals surface area contributed by atoms with E-state index in [0.29, 0.717) is 60.5 Å². The maximum absolute atomic E-state index is 12.9. The number of amides is 1. The number of sulfonamides is 1. The average Bonchev–Trinajstić information content (AvgIpc) is 2.87. The van der Waals surface area contributed by atoms with Gasteiger partial charge in [0.15, 0.2) is 5.75 Å². The number of carbonyl (C=O) groups is 1. The number of halogens is 1. The van der Waals surface area contributed by atoms with Gasteiger partial charge in [0.1, 0.15) is 5.75 Å². The number of carbonyl (C=O) groups excluding carboxylic acids is 1. The normalized spacial score (nSPS) is 15.0. The largest absolute Gasteiger partial charge is 0.455 e. The number of benzene rings is 3. The van der Waals surface area contributed by atoms with Gasteiger partial charge in [-0.15, -0.1) is 0 Å². The summed E-state index contributed by atoms with van der Waals surface area (Å²) < 4.78 is 31.6. The summed E-state index contributed by atoms with van der Waals surface area (Å²) in [6.07, 6.45) is 0. The number of nitrogens with zero attached hydrogens (tertiary/aromatic N) is 2. The summed E-state index contributed by atoms with van der Waals surface area (Å²) in [5.41, 5.74) is 2.05. The first-order valence-electron chi connectivity index (χ1n) is 11.5. The fourth-order valence-electron chi connectivity index (χ4n) is 3.87. The Balaban J connectivity index is 1.37. The van der Waals surface area contributed by atoms with Crippen molar-refractivity contribution in [1.82, 2.24) is 9.21 Å². The van der Waals surface area contributed by atoms with Crippen LogP contribution >= 0.6 is 11.6 Å². The molecular weight excluding hydrogens is 486 g/mol. The van der Waals surface area contributed by atoms with E-state index in [1.165, 1.54) is 0 Å². The van der Waals surface area contributed by atoms with Crippen molar-refractivity contribution >= 4 is 33.2 Å². The van der Waals surface area contributed by atoms with Crippen molar-refractivity contribution in [1.29, 1.82) is 0 Å². The molecule has 35 heavy (non-hydrogen) atoms. The fraction of sp³-hybridized carbons (Fsp3) is 0.269. The second-order valence-electron chi connectivity index (χ2n) is 8.28. The summed E-state index contributed by atoms with van der Waals surface area (Å²) in [6.45, 7) is 4.74. The van der Waals surface area contributed by atoms with Crippen LogP contribution in [-0.4, -0.2) is 55.5 Å². The number of nitrogens with one attached hydrogen (secondary N) is 1. The monoisotopic (exact) mass is 513 g/mol. The fourth-order valence-corrected chi connectivity index (χ4v) is 5.12. The number of para-hydroxylation sites is 1. The number of hydrogen-bond acceptors (Lipinski definition) is 5. The standard InChI is InChI=1S/C26H28ClN3O4S/c1-2-35(32,33)30-16-14-29(15-17-30)19-20-8-10-21(11-9-20)26(31)28-24-18-22(27)12-13-25(24)34-23-6-4-3-5-7-23/h3-13,18H,2,14-17,19H2,1H3,(H,28,31). The molecule has 184 valence electrons. The van der Waals surface area contributed by atoms with Gasteiger partial charge in [0, 0.05) is 43.3 Å². The van der Waals surface area contributed by atoms with E-state index < -0.39 is 10.0 Å². The number of hydrogen-bond donors (Lipinski definition) is 1. The van der Waals surface area contributed by atoms with Crippen molar-refractivity contribution in [2.75, 3.05) is 37.2 Å². The maximum Gasteiger partial charge on any atom is 0.255 e. The van der Waals surface area contributed by atoms with E-state index in [2.05, 4.69) is 10.2 Å². The van der Waals surface area contributed by atoms with Gasteiger partial charge in [-0.1, -0.05) is 41.9 Å². The molecule has 0 unspecified atom stereocenters. The molecule has 7 nitrogen and oxygen atoms in total. The third kappa shape index (κ3) is 6.61. The summed E-state index contributed by atoms with van der Waals surface area (Å²) in [4.78, 5) is 15.1. The Kier molecular flexibility index (Phi) is 8.07. The zero-order valence-corrected chi connectivity index (χ0v) is 21.1. The lowest BCUT2D eigenvalue weighted by Crippen LogP contribution is -2.48.